The van der Waals surface area contributed by atoms with E-state index < -0.39 is 11.9 Å². The Bertz CT molecular complexity index is 828. The van der Waals surface area contributed by atoms with Gasteiger partial charge in [0.05, 0.1) is 18.8 Å². The van der Waals surface area contributed by atoms with Crippen molar-refractivity contribution in [2.75, 3.05) is 5.32 Å². The summed E-state index contributed by atoms with van der Waals surface area (Å²) in [5, 5.41) is 7.29. The van der Waals surface area contributed by atoms with Gasteiger partial charge in [-0.1, -0.05) is 36.4 Å². The van der Waals surface area contributed by atoms with E-state index in [2.05, 4.69) is 15.4 Å². The lowest BCUT2D eigenvalue weighted by Gasteiger charge is -2.14. The third-order valence-electron chi connectivity index (χ3n) is 3.74. The van der Waals surface area contributed by atoms with Crippen molar-refractivity contribution in [3.8, 4) is 0 Å². The van der Waals surface area contributed by atoms with E-state index in [9.17, 15) is 13.2 Å². The molecule has 1 atom stereocenters. The molecule has 4 nitrogen and oxygen atoms in total. The van der Waals surface area contributed by atoms with E-state index in [0.29, 0.717) is 6.54 Å². The zero-order chi connectivity index (χ0) is 17.9. The highest BCUT2D eigenvalue weighted by Crippen LogP contribution is 2.28. The summed E-state index contributed by atoms with van der Waals surface area (Å²) in [6.07, 6.45) is -0.881. The summed E-state index contributed by atoms with van der Waals surface area (Å²) in [4.78, 5) is 3.62. The maximum Gasteiger partial charge on any atom is 0.433 e. The first-order chi connectivity index (χ1) is 11.9. The van der Waals surface area contributed by atoms with Gasteiger partial charge in [-0.3, -0.25) is 4.68 Å². The zero-order valence-corrected chi connectivity index (χ0v) is 13.5. The zero-order valence-electron chi connectivity index (χ0n) is 13.5. The van der Waals surface area contributed by atoms with Gasteiger partial charge in [0.2, 0.25) is 0 Å². The summed E-state index contributed by atoms with van der Waals surface area (Å²) in [6.45, 7) is 2.49. The third-order valence-corrected chi connectivity index (χ3v) is 3.74. The first kappa shape index (κ1) is 17.0. The van der Waals surface area contributed by atoms with Gasteiger partial charge in [-0.15, -0.1) is 0 Å². The Labute approximate surface area is 143 Å². The molecule has 1 N–H and O–H groups in total. The SMILES string of the molecule is CC(Nc1cccc(C(F)(F)F)n1)c1cnn(Cc2ccccc2)c1. The lowest BCUT2D eigenvalue weighted by Crippen LogP contribution is -2.12. The molecule has 2 aromatic heterocycles. The second-order valence-electron chi connectivity index (χ2n) is 5.73. The average Bonchev–Trinajstić information content (AvgIpc) is 3.04. The van der Waals surface area contributed by atoms with Gasteiger partial charge in [0.1, 0.15) is 11.5 Å². The molecule has 130 valence electrons. The molecule has 1 aromatic carbocycles. The van der Waals surface area contributed by atoms with Crippen LogP contribution in [0.1, 0.15) is 29.8 Å². The van der Waals surface area contributed by atoms with E-state index in [1.165, 1.54) is 12.1 Å². The van der Waals surface area contributed by atoms with Crippen LogP contribution in [0.4, 0.5) is 19.0 Å². The predicted octanol–water partition coefficient (Wildman–Crippen LogP) is 4.52. The second-order valence-corrected chi connectivity index (χ2v) is 5.73. The summed E-state index contributed by atoms with van der Waals surface area (Å²) in [6, 6.07) is 13.5. The van der Waals surface area contributed by atoms with Gasteiger partial charge < -0.3 is 5.32 Å². The fourth-order valence-electron chi connectivity index (χ4n) is 2.44. The van der Waals surface area contributed by atoms with Gasteiger partial charge in [0.25, 0.3) is 0 Å². The number of halogens is 3. The summed E-state index contributed by atoms with van der Waals surface area (Å²) >= 11 is 0. The number of hydrogen-bond acceptors (Lipinski definition) is 3. The van der Waals surface area contributed by atoms with Crippen molar-refractivity contribution in [2.24, 2.45) is 0 Å². The average molecular weight is 346 g/mol. The number of anilines is 1. The van der Waals surface area contributed by atoms with Crippen LogP contribution in [0.25, 0.3) is 0 Å². The molecule has 0 bridgehead atoms. The largest absolute Gasteiger partial charge is 0.433 e. The normalized spacial score (nSPS) is 12.8. The standard InChI is InChI=1S/C18H17F3N4/c1-13(23-17-9-5-8-16(24-17)18(19,20)21)15-10-22-25(12-15)11-14-6-3-2-4-7-14/h2-10,12-13H,11H2,1H3,(H,23,24). The molecule has 25 heavy (non-hydrogen) atoms. The molecule has 3 rings (SSSR count). The van der Waals surface area contributed by atoms with Crippen molar-refractivity contribution < 1.29 is 13.2 Å². The molecule has 0 saturated heterocycles. The predicted molar refractivity (Wildman–Crippen MR) is 89.0 cm³/mol. The van der Waals surface area contributed by atoms with Crippen molar-refractivity contribution in [3.63, 3.8) is 0 Å². The van der Waals surface area contributed by atoms with Crippen LogP contribution in [0.3, 0.4) is 0 Å². The van der Waals surface area contributed by atoms with Crippen LogP contribution in [0, 0.1) is 0 Å². The number of nitrogens with one attached hydrogen (secondary N) is 1. The minimum atomic E-state index is -4.46. The second kappa shape index (κ2) is 6.96. The molecule has 0 aliphatic rings. The molecular weight excluding hydrogens is 329 g/mol. The van der Waals surface area contributed by atoms with Crippen LogP contribution in [-0.4, -0.2) is 14.8 Å². The summed E-state index contributed by atoms with van der Waals surface area (Å²) in [5.41, 5.74) is 1.08. The van der Waals surface area contributed by atoms with Crippen LogP contribution in [0.2, 0.25) is 0 Å². The fourth-order valence-corrected chi connectivity index (χ4v) is 2.44. The minimum Gasteiger partial charge on any atom is -0.363 e. The minimum absolute atomic E-state index is 0.179. The topological polar surface area (TPSA) is 42.7 Å². The van der Waals surface area contributed by atoms with Gasteiger partial charge in [-0.05, 0) is 24.6 Å². The van der Waals surface area contributed by atoms with E-state index in [1.54, 1.807) is 10.9 Å². The summed E-state index contributed by atoms with van der Waals surface area (Å²) in [7, 11) is 0. The highest BCUT2D eigenvalue weighted by molar-refractivity contribution is 5.38. The lowest BCUT2D eigenvalue weighted by molar-refractivity contribution is -0.141. The van der Waals surface area contributed by atoms with Crippen LogP contribution in [0.5, 0.6) is 0 Å². The Morgan fingerprint density at radius 1 is 1.08 bits per heavy atom. The smallest absolute Gasteiger partial charge is 0.363 e. The van der Waals surface area contributed by atoms with Gasteiger partial charge in [-0.25, -0.2) is 4.98 Å². The third kappa shape index (κ3) is 4.37. The first-order valence-electron chi connectivity index (χ1n) is 7.79. The van der Waals surface area contributed by atoms with Crippen LogP contribution in [0.15, 0.2) is 60.9 Å². The van der Waals surface area contributed by atoms with E-state index in [-0.39, 0.29) is 11.9 Å². The highest BCUT2D eigenvalue weighted by Gasteiger charge is 2.32. The van der Waals surface area contributed by atoms with Gasteiger partial charge in [-0.2, -0.15) is 18.3 Å². The molecule has 0 saturated carbocycles. The maximum absolute atomic E-state index is 12.7. The number of aromatic nitrogens is 3. The van der Waals surface area contributed by atoms with E-state index in [1.807, 2.05) is 43.5 Å². The first-order valence-corrected chi connectivity index (χ1v) is 7.79. The molecule has 0 fully saturated rings. The molecule has 0 aliphatic carbocycles. The number of hydrogen-bond donors (Lipinski definition) is 1. The molecule has 1 unspecified atom stereocenters. The Morgan fingerprint density at radius 2 is 1.84 bits per heavy atom. The van der Waals surface area contributed by atoms with Crippen molar-refractivity contribution in [2.45, 2.75) is 25.7 Å². The number of rotatable bonds is 5. The lowest BCUT2D eigenvalue weighted by atomic mass is 10.2. The number of alkyl halides is 3. The monoisotopic (exact) mass is 346 g/mol. The highest BCUT2D eigenvalue weighted by atomic mass is 19.4. The molecule has 0 aliphatic heterocycles. The van der Waals surface area contributed by atoms with Crippen molar-refractivity contribution >= 4 is 5.82 Å². The molecule has 0 amide bonds. The van der Waals surface area contributed by atoms with E-state index in [0.717, 1.165) is 17.2 Å². The number of benzene rings is 1. The molecule has 0 radical (unpaired) electrons. The Balaban J connectivity index is 1.69. The molecule has 3 aromatic rings. The number of nitrogens with zero attached hydrogens (tertiary/aromatic N) is 3. The van der Waals surface area contributed by atoms with Crippen molar-refractivity contribution in [3.05, 3.63) is 77.7 Å². The maximum atomic E-state index is 12.7. The van der Waals surface area contributed by atoms with Crippen LogP contribution < -0.4 is 5.32 Å². The quantitative estimate of drug-likeness (QED) is 0.739. The fraction of sp³-hybridized carbons (Fsp3) is 0.222. The molecule has 7 heteroatoms. The van der Waals surface area contributed by atoms with E-state index >= 15 is 0 Å². The Morgan fingerprint density at radius 3 is 2.56 bits per heavy atom. The summed E-state index contributed by atoms with van der Waals surface area (Å²) in [5.74, 6) is 0.179. The van der Waals surface area contributed by atoms with Crippen LogP contribution in [-0.2, 0) is 12.7 Å². The Kier molecular flexibility index (Phi) is 4.74. The Hall–Kier alpha value is -2.83. The summed E-state index contributed by atoms with van der Waals surface area (Å²) < 4.78 is 40.0. The molecule has 2 heterocycles. The van der Waals surface area contributed by atoms with Gasteiger partial charge in [0.15, 0.2) is 0 Å². The molecule has 0 spiro atoms. The molecular formula is C18H17F3N4. The van der Waals surface area contributed by atoms with Crippen molar-refractivity contribution in [1.82, 2.24) is 14.8 Å². The van der Waals surface area contributed by atoms with E-state index in [4.69, 9.17) is 0 Å². The number of pyridine rings is 1. The van der Waals surface area contributed by atoms with Crippen molar-refractivity contribution in [1.29, 1.82) is 0 Å². The van der Waals surface area contributed by atoms with Gasteiger partial charge in [0, 0.05) is 11.8 Å². The van der Waals surface area contributed by atoms with Crippen LogP contribution >= 0.6 is 0 Å². The van der Waals surface area contributed by atoms with Gasteiger partial charge >= 0.3 is 6.18 Å².